The van der Waals surface area contributed by atoms with Crippen LogP contribution >= 0.6 is 15.9 Å². The molecule has 1 aliphatic rings. The van der Waals surface area contributed by atoms with Crippen molar-refractivity contribution in [3.05, 3.63) is 64.8 Å². The molecule has 1 N–H and O–H groups in total. The van der Waals surface area contributed by atoms with E-state index in [1.165, 1.54) is 0 Å². The van der Waals surface area contributed by atoms with Gasteiger partial charge in [0.2, 0.25) is 15.9 Å². The Morgan fingerprint density at radius 1 is 1.13 bits per heavy atom. The van der Waals surface area contributed by atoms with E-state index in [9.17, 15) is 13.2 Å². The normalized spacial score (nSPS) is 16.1. The maximum absolute atomic E-state index is 12.8. The van der Waals surface area contributed by atoms with Crippen LogP contribution in [0, 0.1) is 0 Å². The number of nitrogens with zero attached hydrogens (tertiary/aromatic N) is 2. The fourth-order valence-corrected chi connectivity index (χ4v) is 5.83. The third kappa shape index (κ3) is 4.17. The zero-order valence-corrected chi connectivity index (χ0v) is 19.1. The van der Waals surface area contributed by atoms with Crippen LogP contribution in [0.5, 0.6) is 0 Å². The number of benzene rings is 2. The minimum absolute atomic E-state index is 0.0961. The minimum Gasteiger partial charge on any atom is -0.350 e. The monoisotopic (exact) mass is 489 g/mol. The van der Waals surface area contributed by atoms with E-state index in [0.717, 1.165) is 33.8 Å². The van der Waals surface area contributed by atoms with Crippen LogP contribution < -0.4 is 5.32 Å². The number of carbonyl (C=O) groups is 1. The highest BCUT2D eigenvalue weighted by Gasteiger charge is 2.27. The summed E-state index contributed by atoms with van der Waals surface area (Å²) in [5.74, 6) is -0.0961. The van der Waals surface area contributed by atoms with E-state index in [1.807, 2.05) is 48.0 Å². The SMILES string of the molecule is C[C@H](C(=O)NCc1cccc(Br)c1)n1ccc2cc(S(=O)(=O)N3CCCC3)ccc21. The number of carbonyl (C=O) groups excluding carboxylic acids is 1. The zero-order valence-electron chi connectivity index (χ0n) is 16.7. The molecular weight excluding hydrogens is 466 g/mol. The van der Waals surface area contributed by atoms with Gasteiger partial charge in [0.15, 0.2) is 0 Å². The molecule has 158 valence electrons. The molecule has 0 radical (unpaired) electrons. The maximum Gasteiger partial charge on any atom is 0.243 e. The first-order valence-corrected chi connectivity index (χ1v) is 12.2. The Labute approximate surface area is 185 Å². The molecule has 6 nitrogen and oxygen atoms in total. The third-order valence-electron chi connectivity index (χ3n) is 5.55. The number of hydrogen-bond donors (Lipinski definition) is 1. The van der Waals surface area contributed by atoms with Crippen LogP contribution in [0.1, 0.15) is 31.4 Å². The molecule has 4 rings (SSSR count). The second kappa shape index (κ2) is 8.53. The molecule has 0 saturated carbocycles. The molecule has 1 aromatic heterocycles. The smallest absolute Gasteiger partial charge is 0.243 e. The van der Waals surface area contributed by atoms with E-state index in [4.69, 9.17) is 0 Å². The van der Waals surface area contributed by atoms with Gasteiger partial charge >= 0.3 is 0 Å². The van der Waals surface area contributed by atoms with Crippen LogP contribution in [0.3, 0.4) is 0 Å². The number of rotatable bonds is 6. The van der Waals surface area contributed by atoms with Crippen LogP contribution in [-0.2, 0) is 21.4 Å². The van der Waals surface area contributed by atoms with Gasteiger partial charge < -0.3 is 9.88 Å². The highest BCUT2D eigenvalue weighted by atomic mass is 79.9. The summed E-state index contributed by atoms with van der Waals surface area (Å²) in [5, 5.41) is 3.78. The van der Waals surface area contributed by atoms with Crippen LogP contribution in [0.25, 0.3) is 10.9 Å². The summed E-state index contributed by atoms with van der Waals surface area (Å²) in [7, 11) is -3.46. The summed E-state index contributed by atoms with van der Waals surface area (Å²) < 4.78 is 30.0. The Morgan fingerprint density at radius 3 is 2.63 bits per heavy atom. The van der Waals surface area contributed by atoms with Crippen LogP contribution in [-0.4, -0.2) is 36.3 Å². The topological polar surface area (TPSA) is 71.4 Å². The fourth-order valence-electron chi connectivity index (χ4n) is 3.83. The molecule has 2 heterocycles. The van der Waals surface area contributed by atoms with Crippen molar-refractivity contribution in [2.24, 2.45) is 0 Å². The molecule has 3 aromatic rings. The largest absolute Gasteiger partial charge is 0.350 e. The average molecular weight is 490 g/mol. The second-order valence-corrected chi connectivity index (χ2v) is 10.4. The Hall–Kier alpha value is -2.16. The molecule has 1 amide bonds. The van der Waals surface area contributed by atoms with Crippen molar-refractivity contribution in [1.82, 2.24) is 14.2 Å². The van der Waals surface area contributed by atoms with E-state index in [1.54, 1.807) is 22.5 Å². The van der Waals surface area contributed by atoms with Crippen molar-refractivity contribution in [3.63, 3.8) is 0 Å². The lowest BCUT2D eigenvalue weighted by molar-refractivity contribution is -0.123. The lowest BCUT2D eigenvalue weighted by atomic mass is 10.2. The van der Waals surface area contributed by atoms with Crippen molar-refractivity contribution < 1.29 is 13.2 Å². The molecule has 0 aliphatic carbocycles. The average Bonchev–Trinajstić information content (AvgIpc) is 3.41. The molecule has 0 spiro atoms. The standard InChI is InChI=1S/C22H24BrN3O3S/c1-16(22(27)24-15-17-5-4-6-19(23)13-17)26-12-9-18-14-20(7-8-21(18)26)30(28,29)25-10-2-3-11-25/h4-9,12-14,16H,2-3,10-11,15H2,1H3,(H,24,27)/t16-/m1/s1. The summed E-state index contributed by atoms with van der Waals surface area (Å²) in [6.07, 6.45) is 3.65. The van der Waals surface area contributed by atoms with Crippen LogP contribution in [0.4, 0.5) is 0 Å². The summed E-state index contributed by atoms with van der Waals surface area (Å²) in [6, 6.07) is 14.4. The first kappa shape index (κ1) is 21.1. The second-order valence-electron chi connectivity index (χ2n) is 7.58. The van der Waals surface area contributed by atoms with E-state index < -0.39 is 16.1 Å². The number of nitrogens with one attached hydrogen (secondary N) is 1. The zero-order chi connectivity index (χ0) is 21.3. The van der Waals surface area contributed by atoms with E-state index in [0.29, 0.717) is 24.5 Å². The Kier molecular flexibility index (Phi) is 5.99. The summed E-state index contributed by atoms with van der Waals surface area (Å²) >= 11 is 3.44. The van der Waals surface area contributed by atoms with Gasteiger partial charge in [0, 0.05) is 41.2 Å². The number of amides is 1. The van der Waals surface area contributed by atoms with Crippen molar-refractivity contribution in [2.75, 3.05) is 13.1 Å². The van der Waals surface area contributed by atoms with Gasteiger partial charge in [-0.2, -0.15) is 4.31 Å². The Morgan fingerprint density at radius 2 is 1.90 bits per heavy atom. The van der Waals surface area contributed by atoms with Gasteiger partial charge in [-0.15, -0.1) is 0 Å². The van der Waals surface area contributed by atoms with Crippen molar-refractivity contribution in [3.8, 4) is 0 Å². The van der Waals surface area contributed by atoms with Gasteiger partial charge in [-0.3, -0.25) is 4.79 Å². The van der Waals surface area contributed by atoms with Crippen molar-refractivity contribution in [1.29, 1.82) is 0 Å². The van der Waals surface area contributed by atoms with Gasteiger partial charge in [-0.05, 0) is 61.7 Å². The minimum atomic E-state index is -3.46. The summed E-state index contributed by atoms with van der Waals surface area (Å²) in [4.78, 5) is 13.0. The predicted molar refractivity (Wildman–Crippen MR) is 121 cm³/mol. The first-order chi connectivity index (χ1) is 14.4. The molecule has 1 saturated heterocycles. The van der Waals surface area contributed by atoms with Gasteiger partial charge in [0.25, 0.3) is 0 Å². The molecule has 2 aromatic carbocycles. The highest BCUT2D eigenvalue weighted by molar-refractivity contribution is 9.10. The number of sulfonamides is 1. The van der Waals surface area contributed by atoms with Gasteiger partial charge in [-0.1, -0.05) is 28.1 Å². The highest BCUT2D eigenvalue weighted by Crippen LogP contribution is 2.27. The molecule has 1 fully saturated rings. The molecule has 8 heteroatoms. The third-order valence-corrected chi connectivity index (χ3v) is 7.94. The van der Waals surface area contributed by atoms with Gasteiger partial charge in [0.1, 0.15) is 6.04 Å². The van der Waals surface area contributed by atoms with Crippen LogP contribution in [0.2, 0.25) is 0 Å². The molecular formula is C22H24BrN3O3S. The number of aromatic nitrogens is 1. The molecule has 0 bridgehead atoms. The summed E-state index contributed by atoms with van der Waals surface area (Å²) in [5.41, 5.74) is 1.85. The van der Waals surface area contributed by atoms with Gasteiger partial charge in [-0.25, -0.2) is 8.42 Å². The van der Waals surface area contributed by atoms with Crippen molar-refractivity contribution in [2.45, 2.75) is 37.2 Å². The maximum atomic E-state index is 12.8. The summed E-state index contributed by atoms with van der Waals surface area (Å²) in [6.45, 7) is 3.44. The number of halogens is 1. The Balaban J connectivity index is 1.52. The van der Waals surface area contributed by atoms with E-state index >= 15 is 0 Å². The molecule has 1 atom stereocenters. The fraction of sp³-hybridized carbons (Fsp3) is 0.318. The van der Waals surface area contributed by atoms with Crippen molar-refractivity contribution >= 4 is 42.8 Å². The number of fused-ring (bicyclic) bond motifs is 1. The van der Waals surface area contributed by atoms with Crippen LogP contribution in [0.15, 0.2) is 64.1 Å². The lowest BCUT2D eigenvalue weighted by Crippen LogP contribution is -2.30. The molecule has 1 aliphatic heterocycles. The van der Waals surface area contributed by atoms with Gasteiger partial charge in [0.05, 0.1) is 4.90 Å². The van der Waals surface area contributed by atoms with E-state index in [2.05, 4.69) is 21.2 Å². The van der Waals surface area contributed by atoms with E-state index in [-0.39, 0.29) is 5.91 Å². The molecule has 0 unspecified atom stereocenters. The molecule has 30 heavy (non-hydrogen) atoms. The quantitative estimate of drug-likeness (QED) is 0.567. The lowest BCUT2D eigenvalue weighted by Gasteiger charge is -2.17. The predicted octanol–water partition coefficient (Wildman–Crippen LogP) is 4.07. The number of hydrogen-bond acceptors (Lipinski definition) is 3. The Bertz CT molecular complexity index is 1180. The first-order valence-electron chi connectivity index (χ1n) is 9.99.